The molecule has 0 aliphatic carbocycles. The lowest BCUT2D eigenvalue weighted by Gasteiger charge is -2.41. The second-order valence-corrected chi connectivity index (χ2v) is 21.3. The molecular formula is C54H107NO11S. The molecule has 1 rings (SSSR count). The molecule has 1 aliphatic rings. The summed E-state index contributed by atoms with van der Waals surface area (Å²) in [6.07, 6.45) is 42.5. The molecule has 0 aromatic heterocycles. The highest BCUT2D eigenvalue weighted by Crippen LogP contribution is 2.26. The molecule has 12 nitrogen and oxygen atoms in total. The molecule has 1 heterocycles. The second kappa shape index (κ2) is 45.0. The van der Waals surface area contributed by atoms with Crippen LogP contribution in [0.2, 0.25) is 0 Å². The zero-order valence-electron chi connectivity index (χ0n) is 43.2. The van der Waals surface area contributed by atoms with E-state index >= 15 is 0 Å². The van der Waals surface area contributed by atoms with Crippen LogP contribution >= 0.6 is 0 Å². The lowest BCUT2D eigenvalue weighted by atomic mass is 9.99. The first kappa shape index (κ1) is 64.1. The first-order chi connectivity index (χ1) is 32.5. The Balaban J connectivity index is 2.33. The summed E-state index contributed by atoms with van der Waals surface area (Å²) in [4.78, 5) is 13.1. The lowest BCUT2D eigenvalue weighted by molar-refractivity contribution is -0.298. The molecule has 7 atom stereocenters. The van der Waals surface area contributed by atoms with Crippen LogP contribution in [0, 0.1) is 0 Å². The maximum Gasteiger partial charge on any atom is 0.397 e. The maximum absolute atomic E-state index is 13.1. The molecule has 67 heavy (non-hydrogen) atoms. The van der Waals surface area contributed by atoms with Gasteiger partial charge in [0, 0.05) is 6.42 Å². The average Bonchev–Trinajstić information content (AvgIpc) is 3.30. The topological polar surface area (TPSA) is 192 Å². The molecule has 1 aliphatic heterocycles. The van der Waals surface area contributed by atoms with Gasteiger partial charge in [-0.15, -0.1) is 0 Å². The minimum absolute atomic E-state index is 0.224. The van der Waals surface area contributed by atoms with E-state index < -0.39 is 59.9 Å². The molecule has 13 heteroatoms. The number of carbonyl (C=O) groups excluding carboxylic acids is 1. The molecule has 0 aromatic rings. The standard InChI is InChI=1S/C54H107NO11S/c1-3-5-7-9-11-13-15-17-19-20-21-22-23-24-25-26-27-28-30-31-33-35-37-39-41-43-48(57)47(46-64-54-52(60)53(66-67(61,62)63)51(59)49(45-56)65-54)55-50(58)44-42-40-38-36-34-32-29-18-16-14-12-10-8-6-4-2/h47-49,51-54,56-57,59-60H,3-46H2,1-2H3,(H,55,58)(H,61,62,63). The van der Waals surface area contributed by atoms with Crippen molar-refractivity contribution in [2.45, 2.75) is 326 Å². The van der Waals surface area contributed by atoms with Crippen LogP contribution in [0.4, 0.5) is 0 Å². The van der Waals surface area contributed by atoms with Crippen molar-refractivity contribution in [2.75, 3.05) is 13.2 Å². The summed E-state index contributed by atoms with van der Waals surface area (Å²) < 4.78 is 47.9. The molecule has 0 aromatic carbocycles. The van der Waals surface area contributed by atoms with E-state index in [1.165, 1.54) is 205 Å². The summed E-state index contributed by atoms with van der Waals surface area (Å²) in [5.41, 5.74) is 0. The Bertz CT molecular complexity index is 1200. The van der Waals surface area contributed by atoms with Gasteiger partial charge in [-0.2, -0.15) is 8.42 Å². The number of nitrogens with one attached hydrogen (secondary N) is 1. The van der Waals surface area contributed by atoms with E-state index in [2.05, 4.69) is 23.3 Å². The fraction of sp³-hybridized carbons (Fsp3) is 0.981. The summed E-state index contributed by atoms with van der Waals surface area (Å²) in [7, 11) is -5.08. The summed E-state index contributed by atoms with van der Waals surface area (Å²) in [5.74, 6) is -0.224. The number of amides is 1. The van der Waals surface area contributed by atoms with E-state index in [4.69, 9.17) is 9.47 Å². The molecule has 6 N–H and O–H groups in total. The van der Waals surface area contributed by atoms with E-state index in [0.717, 1.165) is 51.4 Å². The predicted molar refractivity (Wildman–Crippen MR) is 273 cm³/mol. The van der Waals surface area contributed by atoms with Gasteiger partial charge in [0.2, 0.25) is 5.91 Å². The van der Waals surface area contributed by atoms with Gasteiger partial charge < -0.3 is 35.2 Å². The van der Waals surface area contributed by atoms with Gasteiger partial charge >= 0.3 is 10.4 Å². The van der Waals surface area contributed by atoms with Gasteiger partial charge in [0.25, 0.3) is 0 Å². The highest BCUT2D eigenvalue weighted by atomic mass is 32.3. The average molecular weight is 979 g/mol. The molecule has 0 spiro atoms. The number of ether oxygens (including phenoxy) is 2. The monoisotopic (exact) mass is 978 g/mol. The smallest absolute Gasteiger partial charge is 0.394 e. The Hall–Kier alpha value is -0.900. The molecular weight excluding hydrogens is 871 g/mol. The van der Waals surface area contributed by atoms with Gasteiger partial charge in [-0.1, -0.05) is 264 Å². The highest BCUT2D eigenvalue weighted by molar-refractivity contribution is 7.80. The number of hydrogen-bond donors (Lipinski definition) is 6. The van der Waals surface area contributed by atoms with Gasteiger partial charge in [-0.3, -0.25) is 9.35 Å². The SMILES string of the molecule is CCCCCCCCCCCCCCCCCCCCCCCCCCCC(O)C(COC1OC(CO)C(O)C(OS(=O)(=O)O)C1O)NC(=O)CCCCCCCCCCCCCCCCC. The van der Waals surface area contributed by atoms with Crippen molar-refractivity contribution in [3.63, 3.8) is 0 Å². The molecule has 1 fully saturated rings. The van der Waals surface area contributed by atoms with Gasteiger partial charge in [0.15, 0.2) is 6.29 Å². The third-order valence-electron chi connectivity index (χ3n) is 13.9. The third kappa shape index (κ3) is 37.5. The minimum Gasteiger partial charge on any atom is -0.394 e. The van der Waals surface area contributed by atoms with E-state index in [1.807, 2.05) is 0 Å². The molecule has 1 amide bonds. The van der Waals surface area contributed by atoms with E-state index in [-0.39, 0.29) is 12.5 Å². The van der Waals surface area contributed by atoms with Gasteiger partial charge in [-0.05, 0) is 12.8 Å². The van der Waals surface area contributed by atoms with Crippen LogP contribution in [0.3, 0.4) is 0 Å². The van der Waals surface area contributed by atoms with Crippen LogP contribution in [0.25, 0.3) is 0 Å². The molecule has 1 saturated heterocycles. The maximum atomic E-state index is 13.1. The first-order valence-corrected chi connectivity index (χ1v) is 29.8. The van der Waals surface area contributed by atoms with Gasteiger partial charge in [0.1, 0.15) is 24.4 Å². The van der Waals surface area contributed by atoms with Crippen molar-refractivity contribution in [3.05, 3.63) is 0 Å². The number of aliphatic hydroxyl groups excluding tert-OH is 4. The highest BCUT2D eigenvalue weighted by Gasteiger charge is 2.48. The summed E-state index contributed by atoms with van der Waals surface area (Å²) in [6, 6.07) is -0.852. The normalized spacial score (nSPS) is 19.8. The third-order valence-corrected chi connectivity index (χ3v) is 14.4. The quantitative estimate of drug-likeness (QED) is 0.0251. The number of unbranched alkanes of at least 4 members (excludes halogenated alkanes) is 38. The second-order valence-electron chi connectivity index (χ2n) is 20.2. The van der Waals surface area contributed by atoms with Crippen molar-refractivity contribution in [1.82, 2.24) is 5.32 Å². The van der Waals surface area contributed by atoms with Crippen LogP contribution in [-0.4, -0.2) is 95.4 Å². The van der Waals surface area contributed by atoms with Crippen molar-refractivity contribution in [2.24, 2.45) is 0 Å². The fourth-order valence-corrected chi connectivity index (χ4v) is 10.0. The Morgan fingerprint density at radius 1 is 0.537 bits per heavy atom. The van der Waals surface area contributed by atoms with Crippen molar-refractivity contribution < 1.29 is 51.8 Å². The molecule has 0 bridgehead atoms. The number of hydrogen-bond acceptors (Lipinski definition) is 10. The Morgan fingerprint density at radius 2 is 0.866 bits per heavy atom. The molecule has 400 valence electrons. The molecule has 0 saturated carbocycles. The summed E-state index contributed by atoms with van der Waals surface area (Å²) >= 11 is 0. The predicted octanol–water partition coefficient (Wildman–Crippen LogP) is 12.9. The minimum atomic E-state index is -5.08. The van der Waals surface area contributed by atoms with Crippen LogP contribution in [0.15, 0.2) is 0 Å². The Morgan fingerprint density at radius 3 is 1.19 bits per heavy atom. The Kier molecular flexibility index (Phi) is 43.1. The lowest BCUT2D eigenvalue weighted by Crippen LogP contribution is -2.61. The van der Waals surface area contributed by atoms with Gasteiger partial charge in [0.05, 0.1) is 25.4 Å². The molecule has 7 unspecified atom stereocenters. The van der Waals surface area contributed by atoms with Crippen molar-refractivity contribution >= 4 is 16.3 Å². The summed E-state index contributed by atoms with van der Waals surface area (Å²) in [6.45, 7) is 3.49. The van der Waals surface area contributed by atoms with E-state index in [0.29, 0.717) is 12.8 Å². The van der Waals surface area contributed by atoms with E-state index in [1.54, 1.807) is 0 Å². The zero-order chi connectivity index (χ0) is 49.1. The van der Waals surface area contributed by atoms with Gasteiger partial charge in [-0.25, -0.2) is 4.18 Å². The van der Waals surface area contributed by atoms with Crippen LogP contribution < -0.4 is 5.32 Å². The number of carbonyl (C=O) groups is 1. The fourth-order valence-electron chi connectivity index (χ4n) is 9.52. The van der Waals surface area contributed by atoms with Crippen molar-refractivity contribution in [1.29, 1.82) is 0 Å². The van der Waals surface area contributed by atoms with Crippen LogP contribution in [0.1, 0.15) is 284 Å². The zero-order valence-corrected chi connectivity index (χ0v) is 44.1. The summed E-state index contributed by atoms with van der Waals surface area (Å²) in [5, 5.41) is 45.1. The van der Waals surface area contributed by atoms with E-state index in [9.17, 15) is 38.2 Å². The van der Waals surface area contributed by atoms with Crippen LogP contribution in [0.5, 0.6) is 0 Å². The Labute approximate surface area is 411 Å². The number of rotatable bonds is 50. The number of aliphatic hydroxyl groups is 4. The van der Waals surface area contributed by atoms with Crippen molar-refractivity contribution in [3.8, 4) is 0 Å². The van der Waals surface area contributed by atoms with Crippen LogP contribution in [-0.2, 0) is 28.9 Å². The molecule has 0 radical (unpaired) electrons. The largest absolute Gasteiger partial charge is 0.397 e. The first-order valence-electron chi connectivity index (χ1n) is 28.4.